The third-order valence-corrected chi connectivity index (χ3v) is 2.28. The van der Waals surface area contributed by atoms with Crippen LogP contribution in [0.25, 0.3) is 0 Å². The average Bonchev–Trinajstić information content (AvgIpc) is 2.36. The monoisotopic (exact) mass is 151 g/mol. The van der Waals surface area contributed by atoms with E-state index >= 15 is 0 Å². The van der Waals surface area contributed by atoms with Crippen LogP contribution in [0.5, 0.6) is 0 Å². The van der Waals surface area contributed by atoms with Crippen LogP contribution in [0.15, 0.2) is 12.4 Å². The summed E-state index contributed by atoms with van der Waals surface area (Å²) in [6, 6.07) is 0. The summed E-state index contributed by atoms with van der Waals surface area (Å²) in [6.07, 6.45) is 7.78. The van der Waals surface area contributed by atoms with E-state index in [1.165, 1.54) is 19.3 Å². The largest absolute Gasteiger partial charge is 0.356 e. The summed E-state index contributed by atoms with van der Waals surface area (Å²) in [5, 5.41) is 3.26. The highest BCUT2D eigenvalue weighted by atomic mass is 15.1. The zero-order valence-corrected chi connectivity index (χ0v) is 6.51. The number of hydrogen-bond donors (Lipinski definition) is 2. The summed E-state index contributed by atoms with van der Waals surface area (Å²) in [5.74, 6) is 1.79. The molecule has 3 nitrogen and oxygen atoms in total. The van der Waals surface area contributed by atoms with Crippen molar-refractivity contribution in [1.82, 2.24) is 9.97 Å². The van der Waals surface area contributed by atoms with Gasteiger partial charge in [-0.25, -0.2) is 4.98 Å². The van der Waals surface area contributed by atoms with Gasteiger partial charge < -0.3 is 10.3 Å². The van der Waals surface area contributed by atoms with E-state index in [-0.39, 0.29) is 0 Å². The fraction of sp³-hybridized carbons (Fsp3) is 0.625. The van der Waals surface area contributed by atoms with Gasteiger partial charge in [-0.3, -0.25) is 0 Å². The minimum absolute atomic E-state index is 0.889. The molecule has 1 aromatic heterocycles. The van der Waals surface area contributed by atoms with Crippen LogP contribution in [0.2, 0.25) is 0 Å². The van der Waals surface area contributed by atoms with Crippen molar-refractivity contribution < 1.29 is 0 Å². The average molecular weight is 151 g/mol. The number of aromatic nitrogens is 2. The Kier molecular flexibility index (Phi) is 1.79. The molecule has 0 unspecified atom stereocenters. The van der Waals surface area contributed by atoms with E-state index in [9.17, 15) is 0 Å². The zero-order chi connectivity index (χ0) is 7.52. The van der Waals surface area contributed by atoms with Gasteiger partial charge in [0.25, 0.3) is 0 Å². The molecule has 1 aliphatic carbocycles. The molecule has 0 aromatic carbocycles. The predicted molar refractivity (Wildman–Crippen MR) is 44.4 cm³/mol. The molecule has 0 aliphatic heterocycles. The Morgan fingerprint density at radius 2 is 2.55 bits per heavy atom. The highest BCUT2D eigenvalue weighted by Crippen LogP contribution is 2.25. The van der Waals surface area contributed by atoms with E-state index < -0.39 is 0 Å². The summed E-state index contributed by atoms with van der Waals surface area (Å²) in [4.78, 5) is 7.10. The fourth-order valence-corrected chi connectivity index (χ4v) is 1.30. The van der Waals surface area contributed by atoms with Crippen molar-refractivity contribution in [3.63, 3.8) is 0 Å². The lowest BCUT2D eigenvalue weighted by atomic mass is 9.85. The van der Waals surface area contributed by atoms with Crippen LogP contribution in [0, 0.1) is 5.92 Å². The summed E-state index contributed by atoms with van der Waals surface area (Å²) in [7, 11) is 0. The Bertz CT molecular complexity index is 201. The third kappa shape index (κ3) is 1.53. The standard InChI is InChI=1S/C8H13N3/c1-2-7(3-1)6-11-8-9-4-5-10-8/h4-5,7H,1-3,6H2,(H2,9,10,11). The van der Waals surface area contributed by atoms with Gasteiger partial charge in [0.2, 0.25) is 0 Å². The number of nitrogens with zero attached hydrogens (tertiary/aromatic N) is 1. The van der Waals surface area contributed by atoms with E-state index in [1.807, 2.05) is 6.20 Å². The topological polar surface area (TPSA) is 40.7 Å². The summed E-state index contributed by atoms with van der Waals surface area (Å²) >= 11 is 0. The number of anilines is 1. The summed E-state index contributed by atoms with van der Waals surface area (Å²) < 4.78 is 0. The van der Waals surface area contributed by atoms with E-state index in [1.54, 1.807) is 6.20 Å². The van der Waals surface area contributed by atoms with Gasteiger partial charge in [0.05, 0.1) is 0 Å². The minimum Gasteiger partial charge on any atom is -0.356 e. The van der Waals surface area contributed by atoms with Gasteiger partial charge >= 0.3 is 0 Å². The van der Waals surface area contributed by atoms with Crippen LogP contribution >= 0.6 is 0 Å². The smallest absolute Gasteiger partial charge is 0.200 e. The van der Waals surface area contributed by atoms with Crippen molar-refractivity contribution >= 4 is 5.95 Å². The lowest BCUT2D eigenvalue weighted by Gasteiger charge is -2.25. The molecule has 3 heteroatoms. The molecule has 1 fully saturated rings. The SMILES string of the molecule is c1c[nH]c(NCC2CCC2)n1. The van der Waals surface area contributed by atoms with E-state index in [0.29, 0.717) is 0 Å². The molecule has 0 saturated heterocycles. The first-order valence-corrected chi connectivity index (χ1v) is 4.18. The Morgan fingerprint density at radius 3 is 3.09 bits per heavy atom. The van der Waals surface area contributed by atoms with Gasteiger partial charge in [0, 0.05) is 18.9 Å². The van der Waals surface area contributed by atoms with Crippen molar-refractivity contribution in [3.8, 4) is 0 Å². The van der Waals surface area contributed by atoms with E-state index in [2.05, 4.69) is 15.3 Å². The molecule has 0 radical (unpaired) electrons. The van der Waals surface area contributed by atoms with Crippen molar-refractivity contribution in [2.24, 2.45) is 5.92 Å². The Morgan fingerprint density at radius 1 is 1.64 bits per heavy atom. The Balaban J connectivity index is 1.74. The van der Waals surface area contributed by atoms with E-state index in [4.69, 9.17) is 0 Å². The second kappa shape index (κ2) is 2.95. The van der Waals surface area contributed by atoms with Crippen LogP contribution in [-0.2, 0) is 0 Å². The van der Waals surface area contributed by atoms with Crippen molar-refractivity contribution in [1.29, 1.82) is 0 Å². The molecule has 1 aliphatic rings. The van der Waals surface area contributed by atoms with Gasteiger partial charge in [-0.05, 0) is 18.8 Å². The maximum Gasteiger partial charge on any atom is 0.200 e. The van der Waals surface area contributed by atoms with Gasteiger partial charge in [-0.2, -0.15) is 0 Å². The summed E-state index contributed by atoms with van der Waals surface area (Å²) in [6.45, 7) is 1.08. The molecule has 11 heavy (non-hydrogen) atoms. The van der Waals surface area contributed by atoms with Gasteiger partial charge in [0.15, 0.2) is 5.95 Å². The molecule has 1 saturated carbocycles. The first kappa shape index (κ1) is 6.70. The second-order valence-electron chi connectivity index (χ2n) is 3.12. The molecule has 0 amide bonds. The van der Waals surface area contributed by atoms with Crippen LogP contribution in [-0.4, -0.2) is 16.5 Å². The Labute approximate surface area is 66.2 Å². The van der Waals surface area contributed by atoms with Crippen molar-refractivity contribution in [3.05, 3.63) is 12.4 Å². The minimum atomic E-state index is 0.889. The summed E-state index contributed by atoms with van der Waals surface area (Å²) in [5.41, 5.74) is 0. The zero-order valence-electron chi connectivity index (χ0n) is 6.51. The molecule has 1 aromatic rings. The number of nitrogens with one attached hydrogen (secondary N) is 2. The quantitative estimate of drug-likeness (QED) is 0.689. The number of aromatic amines is 1. The molecule has 2 rings (SSSR count). The van der Waals surface area contributed by atoms with E-state index in [0.717, 1.165) is 18.4 Å². The molecular weight excluding hydrogens is 138 g/mol. The Hall–Kier alpha value is -0.990. The first-order chi connectivity index (χ1) is 5.45. The van der Waals surface area contributed by atoms with Crippen LogP contribution < -0.4 is 5.32 Å². The second-order valence-corrected chi connectivity index (χ2v) is 3.12. The maximum absolute atomic E-state index is 4.08. The molecule has 2 N–H and O–H groups in total. The highest BCUT2D eigenvalue weighted by Gasteiger charge is 2.16. The number of imidazole rings is 1. The van der Waals surface area contributed by atoms with Crippen molar-refractivity contribution in [2.45, 2.75) is 19.3 Å². The lowest BCUT2D eigenvalue weighted by Crippen LogP contribution is -2.21. The third-order valence-electron chi connectivity index (χ3n) is 2.28. The molecular formula is C8H13N3. The number of H-pyrrole nitrogens is 1. The highest BCUT2D eigenvalue weighted by molar-refractivity contribution is 5.22. The van der Waals surface area contributed by atoms with Gasteiger partial charge in [-0.1, -0.05) is 6.42 Å². The lowest BCUT2D eigenvalue weighted by molar-refractivity contribution is 0.333. The fourth-order valence-electron chi connectivity index (χ4n) is 1.30. The number of rotatable bonds is 3. The maximum atomic E-state index is 4.08. The predicted octanol–water partition coefficient (Wildman–Crippen LogP) is 1.62. The normalized spacial score (nSPS) is 17.8. The van der Waals surface area contributed by atoms with Crippen molar-refractivity contribution in [2.75, 3.05) is 11.9 Å². The van der Waals surface area contributed by atoms with Crippen LogP contribution in [0.1, 0.15) is 19.3 Å². The molecule has 0 atom stereocenters. The molecule has 0 bridgehead atoms. The van der Waals surface area contributed by atoms with Crippen LogP contribution in [0.3, 0.4) is 0 Å². The molecule has 1 heterocycles. The molecule has 60 valence electrons. The van der Waals surface area contributed by atoms with Gasteiger partial charge in [-0.15, -0.1) is 0 Å². The van der Waals surface area contributed by atoms with Gasteiger partial charge in [0.1, 0.15) is 0 Å². The number of hydrogen-bond acceptors (Lipinski definition) is 2. The first-order valence-electron chi connectivity index (χ1n) is 4.18. The molecule has 0 spiro atoms. The van der Waals surface area contributed by atoms with Crippen LogP contribution in [0.4, 0.5) is 5.95 Å².